The van der Waals surface area contributed by atoms with Crippen molar-refractivity contribution in [1.82, 2.24) is 9.97 Å². The molecule has 2 nitrogen and oxygen atoms in total. The van der Waals surface area contributed by atoms with Crippen LogP contribution in [0.3, 0.4) is 0 Å². The number of hydrogen-bond donors (Lipinski definition) is 0. The zero-order valence-electron chi connectivity index (χ0n) is 15.1. The van der Waals surface area contributed by atoms with Crippen molar-refractivity contribution in [1.29, 1.82) is 0 Å². The molecule has 0 aliphatic heterocycles. The molecule has 0 fully saturated rings. The van der Waals surface area contributed by atoms with Gasteiger partial charge in [0.25, 0.3) is 0 Å². The van der Waals surface area contributed by atoms with Crippen molar-refractivity contribution >= 4 is 43.6 Å². The van der Waals surface area contributed by atoms with Crippen molar-refractivity contribution in [3.8, 4) is 11.1 Å². The molecule has 0 saturated carbocycles. The van der Waals surface area contributed by atoms with Crippen LogP contribution in [0, 0.1) is 0 Å². The van der Waals surface area contributed by atoms with E-state index in [0.29, 0.717) is 0 Å². The minimum absolute atomic E-state index is 1.02. The standard InChI is InChI=1S/C26H16N2/c1-3-7-23-19(5-1)15-21-13-17(9-11-25(21)27-23)18-10-12-26-22(14-18)16-20-6-2-4-8-24(20)28-26/h1-16H. The average Bonchev–Trinajstić information content (AvgIpc) is 2.75. The number of fused-ring (bicyclic) bond motifs is 4. The summed E-state index contributed by atoms with van der Waals surface area (Å²) in [5, 5.41) is 4.66. The molecule has 2 heteroatoms. The molecule has 0 amide bonds. The van der Waals surface area contributed by atoms with Gasteiger partial charge in [-0.15, -0.1) is 0 Å². The normalized spacial score (nSPS) is 11.6. The molecule has 6 aromatic rings. The van der Waals surface area contributed by atoms with Crippen LogP contribution in [0.2, 0.25) is 0 Å². The maximum absolute atomic E-state index is 4.79. The maximum Gasteiger partial charge on any atom is 0.0710 e. The maximum atomic E-state index is 4.79. The second kappa shape index (κ2) is 5.86. The molecular formula is C26H16N2. The number of benzene rings is 4. The summed E-state index contributed by atoms with van der Waals surface area (Å²) < 4.78 is 0. The molecule has 0 bridgehead atoms. The number of para-hydroxylation sites is 2. The quantitative estimate of drug-likeness (QED) is 0.304. The van der Waals surface area contributed by atoms with Crippen LogP contribution >= 0.6 is 0 Å². The number of nitrogens with zero attached hydrogens (tertiary/aromatic N) is 2. The van der Waals surface area contributed by atoms with Crippen LogP contribution in [0.5, 0.6) is 0 Å². The zero-order chi connectivity index (χ0) is 18.5. The van der Waals surface area contributed by atoms with E-state index in [0.717, 1.165) is 32.8 Å². The van der Waals surface area contributed by atoms with Gasteiger partial charge in [-0.2, -0.15) is 0 Å². The Balaban J connectivity index is 1.53. The highest BCUT2D eigenvalue weighted by Crippen LogP contribution is 2.29. The molecule has 0 N–H and O–H groups in total. The van der Waals surface area contributed by atoms with E-state index in [9.17, 15) is 0 Å². The highest BCUT2D eigenvalue weighted by atomic mass is 14.7. The first-order valence-corrected chi connectivity index (χ1v) is 9.43. The molecule has 28 heavy (non-hydrogen) atoms. The Hall–Kier alpha value is -3.78. The third kappa shape index (κ3) is 2.43. The van der Waals surface area contributed by atoms with Gasteiger partial charge in [-0.05, 0) is 59.7 Å². The van der Waals surface area contributed by atoms with Crippen molar-refractivity contribution in [2.75, 3.05) is 0 Å². The topological polar surface area (TPSA) is 25.8 Å². The van der Waals surface area contributed by atoms with Gasteiger partial charge in [-0.3, -0.25) is 0 Å². The van der Waals surface area contributed by atoms with Gasteiger partial charge >= 0.3 is 0 Å². The summed E-state index contributed by atoms with van der Waals surface area (Å²) in [7, 11) is 0. The van der Waals surface area contributed by atoms with E-state index in [4.69, 9.17) is 9.97 Å². The van der Waals surface area contributed by atoms with E-state index in [-0.39, 0.29) is 0 Å². The lowest BCUT2D eigenvalue weighted by atomic mass is 10.00. The summed E-state index contributed by atoms with van der Waals surface area (Å²) in [4.78, 5) is 9.57. The number of hydrogen-bond acceptors (Lipinski definition) is 2. The summed E-state index contributed by atoms with van der Waals surface area (Å²) >= 11 is 0. The van der Waals surface area contributed by atoms with Crippen LogP contribution in [0.15, 0.2) is 97.1 Å². The highest BCUT2D eigenvalue weighted by Gasteiger charge is 2.05. The highest BCUT2D eigenvalue weighted by molar-refractivity contribution is 5.97. The average molecular weight is 356 g/mol. The van der Waals surface area contributed by atoms with E-state index in [1.807, 2.05) is 12.1 Å². The van der Waals surface area contributed by atoms with Crippen LogP contribution in [0.4, 0.5) is 0 Å². The van der Waals surface area contributed by atoms with E-state index in [1.54, 1.807) is 0 Å². The fourth-order valence-corrected chi connectivity index (χ4v) is 3.92. The SMILES string of the molecule is c1ccc2nc3ccc(-c4ccc5nc6ccccc6cc5c4)cc3cc2c1. The van der Waals surface area contributed by atoms with Gasteiger partial charge in [0.15, 0.2) is 0 Å². The third-order valence-corrected chi connectivity index (χ3v) is 5.37. The van der Waals surface area contributed by atoms with Gasteiger partial charge in [0.2, 0.25) is 0 Å². The van der Waals surface area contributed by atoms with Gasteiger partial charge in [0, 0.05) is 21.5 Å². The Morgan fingerprint density at radius 2 is 0.786 bits per heavy atom. The van der Waals surface area contributed by atoms with Crippen molar-refractivity contribution in [2.24, 2.45) is 0 Å². The smallest absolute Gasteiger partial charge is 0.0710 e. The summed E-state index contributed by atoms with van der Waals surface area (Å²) in [6, 6.07) is 33.9. The van der Waals surface area contributed by atoms with E-state index in [2.05, 4.69) is 84.9 Å². The summed E-state index contributed by atoms with van der Waals surface area (Å²) in [5.74, 6) is 0. The summed E-state index contributed by atoms with van der Waals surface area (Å²) in [5.41, 5.74) is 6.50. The van der Waals surface area contributed by atoms with Gasteiger partial charge < -0.3 is 0 Å². The molecular weight excluding hydrogens is 340 g/mol. The Morgan fingerprint density at radius 3 is 1.29 bits per heavy atom. The molecule has 0 saturated heterocycles. The van der Waals surface area contributed by atoms with Crippen molar-refractivity contribution in [3.05, 3.63) is 97.1 Å². The Kier molecular flexibility index (Phi) is 3.20. The molecule has 130 valence electrons. The number of aromatic nitrogens is 2. The lowest BCUT2D eigenvalue weighted by molar-refractivity contribution is 1.49. The van der Waals surface area contributed by atoms with E-state index in [1.165, 1.54) is 21.9 Å². The van der Waals surface area contributed by atoms with Crippen molar-refractivity contribution in [3.63, 3.8) is 0 Å². The Morgan fingerprint density at radius 1 is 0.357 bits per heavy atom. The lowest BCUT2D eigenvalue weighted by Gasteiger charge is -2.08. The van der Waals surface area contributed by atoms with Gasteiger partial charge in [0.1, 0.15) is 0 Å². The second-order valence-corrected chi connectivity index (χ2v) is 7.18. The zero-order valence-corrected chi connectivity index (χ0v) is 15.1. The predicted molar refractivity (Wildman–Crippen MR) is 117 cm³/mol. The molecule has 0 aliphatic carbocycles. The first-order chi connectivity index (χ1) is 13.8. The molecule has 6 rings (SSSR count). The second-order valence-electron chi connectivity index (χ2n) is 7.18. The Bertz CT molecular complexity index is 1400. The van der Waals surface area contributed by atoms with Crippen LogP contribution in [-0.2, 0) is 0 Å². The van der Waals surface area contributed by atoms with E-state index < -0.39 is 0 Å². The fourth-order valence-electron chi connectivity index (χ4n) is 3.92. The molecule has 2 aromatic heterocycles. The molecule has 0 radical (unpaired) electrons. The number of rotatable bonds is 1. The fraction of sp³-hybridized carbons (Fsp3) is 0. The monoisotopic (exact) mass is 356 g/mol. The van der Waals surface area contributed by atoms with Crippen LogP contribution < -0.4 is 0 Å². The van der Waals surface area contributed by atoms with Gasteiger partial charge in [0.05, 0.1) is 22.1 Å². The van der Waals surface area contributed by atoms with Gasteiger partial charge in [-0.25, -0.2) is 9.97 Å². The number of pyridine rings is 2. The van der Waals surface area contributed by atoms with Crippen molar-refractivity contribution in [2.45, 2.75) is 0 Å². The summed E-state index contributed by atoms with van der Waals surface area (Å²) in [6.45, 7) is 0. The van der Waals surface area contributed by atoms with Crippen LogP contribution in [0.25, 0.3) is 54.7 Å². The minimum Gasteiger partial charge on any atom is -0.248 e. The lowest BCUT2D eigenvalue weighted by Crippen LogP contribution is -1.86. The van der Waals surface area contributed by atoms with Crippen LogP contribution in [0.1, 0.15) is 0 Å². The van der Waals surface area contributed by atoms with Gasteiger partial charge in [-0.1, -0.05) is 48.5 Å². The molecule has 0 unspecified atom stereocenters. The third-order valence-electron chi connectivity index (χ3n) is 5.37. The molecule has 0 atom stereocenters. The van der Waals surface area contributed by atoms with Crippen molar-refractivity contribution < 1.29 is 0 Å². The summed E-state index contributed by atoms with van der Waals surface area (Å²) in [6.07, 6.45) is 0. The first kappa shape index (κ1) is 15.3. The van der Waals surface area contributed by atoms with Crippen LogP contribution in [-0.4, -0.2) is 9.97 Å². The molecule has 0 aliphatic rings. The minimum atomic E-state index is 1.02. The largest absolute Gasteiger partial charge is 0.248 e. The predicted octanol–water partition coefficient (Wildman–Crippen LogP) is 6.76. The molecule has 0 spiro atoms. The first-order valence-electron chi connectivity index (χ1n) is 9.43. The molecule has 2 heterocycles. The van der Waals surface area contributed by atoms with E-state index >= 15 is 0 Å². The Labute approximate surface area is 162 Å². The molecule has 4 aromatic carbocycles.